The maximum Gasteiger partial charge on any atom is 0.302 e. The van der Waals surface area contributed by atoms with Crippen LogP contribution in [0.1, 0.15) is 82.2 Å². The molecule has 0 N–H and O–H groups in total. The molecule has 0 aliphatic carbocycles. The molecule has 3 heterocycles. The summed E-state index contributed by atoms with van der Waals surface area (Å²) >= 11 is 0. The molecule has 2 aromatic carbocycles. The molecule has 1 aliphatic heterocycles. The molecule has 1 fully saturated rings. The summed E-state index contributed by atoms with van der Waals surface area (Å²) in [6.07, 6.45) is 2.61. The van der Waals surface area contributed by atoms with E-state index >= 15 is 0 Å². The summed E-state index contributed by atoms with van der Waals surface area (Å²) in [5, 5.41) is 4.09. The molecule has 0 radical (unpaired) electrons. The molecule has 8 nitrogen and oxygen atoms in total. The first-order valence-corrected chi connectivity index (χ1v) is 14.0. The van der Waals surface area contributed by atoms with E-state index in [1.807, 2.05) is 39.0 Å². The van der Waals surface area contributed by atoms with Gasteiger partial charge in [0.05, 0.1) is 28.9 Å². The Morgan fingerprint density at radius 1 is 1.15 bits per heavy atom. The lowest BCUT2D eigenvalue weighted by Gasteiger charge is -2.28. The lowest BCUT2D eigenvalue weighted by molar-refractivity contribution is -0.145. The number of anilines is 1. The van der Waals surface area contributed by atoms with Gasteiger partial charge in [0.15, 0.2) is 11.6 Å². The molecule has 0 bridgehead atoms. The zero-order chi connectivity index (χ0) is 29.4. The fourth-order valence-corrected chi connectivity index (χ4v) is 5.96. The average molecular weight is 565 g/mol. The van der Waals surface area contributed by atoms with Crippen LogP contribution in [0.3, 0.4) is 0 Å². The number of nitrogens with zero attached hydrogens (tertiary/aromatic N) is 4. The van der Waals surface area contributed by atoms with Gasteiger partial charge in [0.1, 0.15) is 11.6 Å². The van der Waals surface area contributed by atoms with E-state index < -0.39 is 17.7 Å². The fourth-order valence-electron chi connectivity index (χ4n) is 5.96. The van der Waals surface area contributed by atoms with Crippen molar-refractivity contribution in [2.24, 2.45) is 0 Å². The van der Waals surface area contributed by atoms with Crippen LogP contribution in [-0.2, 0) is 14.3 Å². The van der Waals surface area contributed by atoms with E-state index in [1.54, 1.807) is 0 Å². The first-order chi connectivity index (χ1) is 19.6. The largest absolute Gasteiger partial charge is 0.463 e. The smallest absolute Gasteiger partial charge is 0.302 e. The minimum Gasteiger partial charge on any atom is -0.463 e. The summed E-state index contributed by atoms with van der Waals surface area (Å²) in [7, 11) is 0. The predicted octanol–water partition coefficient (Wildman–Crippen LogP) is 7.14. The van der Waals surface area contributed by atoms with Crippen molar-refractivity contribution >= 4 is 28.6 Å². The summed E-state index contributed by atoms with van der Waals surface area (Å²) < 4.78 is 40.9. The normalized spacial score (nSPS) is 16.9. The maximum absolute atomic E-state index is 14.2. The highest BCUT2D eigenvalue weighted by Crippen LogP contribution is 2.41. The van der Waals surface area contributed by atoms with Crippen LogP contribution in [0.4, 0.5) is 14.5 Å². The molecule has 1 amide bonds. The highest BCUT2D eigenvalue weighted by atomic mass is 19.2. The Kier molecular flexibility index (Phi) is 7.93. The zero-order valence-electron chi connectivity index (χ0n) is 23.9. The summed E-state index contributed by atoms with van der Waals surface area (Å²) in [4.78, 5) is 31.2. The highest BCUT2D eigenvalue weighted by Gasteiger charge is 2.38. The Labute approximate surface area is 237 Å². The molecule has 0 spiro atoms. The first-order valence-electron chi connectivity index (χ1n) is 14.0. The van der Waals surface area contributed by atoms with Crippen LogP contribution in [-0.4, -0.2) is 32.7 Å². The minimum atomic E-state index is -1.01. The summed E-state index contributed by atoms with van der Waals surface area (Å²) in [5.41, 5.74) is 4.54. The lowest BCUT2D eigenvalue weighted by atomic mass is 10.0. The Hall–Kier alpha value is -4.08. The van der Waals surface area contributed by atoms with Crippen molar-refractivity contribution in [1.82, 2.24) is 14.7 Å². The van der Waals surface area contributed by atoms with Gasteiger partial charge in [0.25, 0.3) is 0 Å². The van der Waals surface area contributed by atoms with Crippen molar-refractivity contribution in [2.75, 3.05) is 4.90 Å². The second-order valence-corrected chi connectivity index (χ2v) is 10.7. The van der Waals surface area contributed by atoms with Crippen LogP contribution in [0.5, 0.6) is 0 Å². The molecule has 3 atom stereocenters. The van der Waals surface area contributed by atoms with Crippen LogP contribution in [0.25, 0.3) is 22.2 Å². The van der Waals surface area contributed by atoms with Gasteiger partial charge in [-0.1, -0.05) is 18.1 Å². The van der Waals surface area contributed by atoms with Crippen LogP contribution in [0.15, 0.2) is 40.9 Å². The SMILES string of the molecule is CC[C@H](CC[C@H](C)OC(C)=O)n1c([C@@H]2CCC(=O)N2c2ccc(F)c(F)c2)nc2cc(-c3c(C)noc3C)ccc21. The molecule has 41 heavy (non-hydrogen) atoms. The monoisotopic (exact) mass is 564 g/mol. The quantitative estimate of drug-likeness (QED) is 0.201. The fraction of sp³-hybridized carbons (Fsp3) is 0.419. The van der Waals surface area contributed by atoms with Crippen LogP contribution >= 0.6 is 0 Å². The van der Waals surface area contributed by atoms with Gasteiger partial charge in [0.2, 0.25) is 5.91 Å². The van der Waals surface area contributed by atoms with Gasteiger partial charge in [-0.3, -0.25) is 9.59 Å². The topological polar surface area (TPSA) is 90.5 Å². The van der Waals surface area contributed by atoms with Gasteiger partial charge in [-0.15, -0.1) is 0 Å². The van der Waals surface area contributed by atoms with E-state index in [-0.39, 0.29) is 30.4 Å². The number of aromatic nitrogens is 3. The highest BCUT2D eigenvalue weighted by molar-refractivity contribution is 5.96. The van der Waals surface area contributed by atoms with Gasteiger partial charge in [-0.25, -0.2) is 13.8 Å². The molecule has 216 valence electrons. The number of hydrogen-bond donors (Lipinski definition) is 0. The van der Waals surface area contributed by atoms with Crippen molar-refractivity contribution in [2.45, 2.75) is 84.9 Å². The summed E-state index contributed by atoms with van der Waals surface area (Å²) in [5.74, 6) is -1.09. The number of imidazole rings is 1. The molecule has 0 unspecified atom stereocenters. The third kappa shape index (κ3) is 5.47. The minimum absolute atomic E-state index is 0.0135. The molecular weight excluding hydrogens is 530 g/mol. The van der Waals surface area contributed by atoms with Crippen molar-refractivity contribution in [3.05, 3.63) is 65.3 Å². The van der Waals surface area contributed by atoms with Crippen molar-refractivity contribution in [1.29, 1.82) is 0 Å². The van der Waals surface area contributed by atoms with E-state index in [9.17, 15) is 18.4 Å². The number of hydrogen-bond acceptors (Lipinski definition) is 6. The van der Waals surface area contributed by atoms with Crippen LogP contribution in [0.2, 0.25) is 0 Å². The molecule has 1 saturated heterocycles. The number of halogens is 2. The number of rotatable bonds is 9. The number of amides is 1. The van der Waals surface area contributed by atoms with E-state index in [2.05, 4.69) is 16.6 Å². The maximum atomic E-state index is 14.2. The van der Waals surface area contributed by atoms with Gasteiger partial charge in [-0.05, 0) is 76.3 Å². The summed E-state index contributed by atoms with van der Waals surface area (Å²) in [6, 6.07) is 9.07. The molecule has 5 rings (SSSR count). The number of benzene rings is 2. The standard InChI is InChI=1S/C31H34F2N4O4/c1-6-22(9-7-17(2)40-20(5)38)37-27-12-8-21(30-18(3)35-41-19(30)4)15-26(27)34-31(37)28-13-14-29(39)36(28)23-10-11-24(32)25(33)16-23/h8,10-12,15-17,22,28H,6-7,9,13-14H2,1-5H3/t17-,22+,28-/m0/s1. The number of aryl methyl sites for hydroxylation is 2. The Morgan fingerprint density at radius 2 is 1.93 bits per heavy atom. The van der Waals surface area contributed by atoms with Crippen LogP contribution in [0, 0.1) is 25.5 Å². The molecule has 10 heteroatoms. The molecule has 0 saturated carbocycles. The zero-order valence-corrected chi connectivity index (χ0v) is 23.9. The van der Waals surface area contributed by atoms with Crippen molar-refractivity contribution in [3.8, 4) is 11.1 Å². The number of ether oxygens (including phenoxy) is 1. The number of carbonyl (C=O) groups excluding carboxylic acids is 2. The number of fused-ring (bicyclic) bond motifs is 1. The van der Waals surface area contributed by atoms with Crippen molar-refractivity contribution < 1.29 is 27.6 Å². The van der Waals surface area contributed by atoms with Crippen LogP contribution < -0.4 is 4.90 Å². The van der Waals surface area contributed by atoms with E-state index in [0.717, 1.165) is 46.4 Å². The molecule has 1 aliphatic rings. The summed E-state index contributed by atoms with van der Waals surface area (Å²) in [6.45, 7) is 9.11. The molecule has 4 aromatic rings. The van der Waals surface area contributed by atoms with E-state index in [1.165, 1.54) is 17.9 Å². The van der Waals surface area contributed by atoms with Gasteiger partial charge < -0.3 is 18.7 Å². The predicted molar refractivity (Wildman–Crippen MR) is 150 cm³/mol. The third-order valence-corrected chi connectivity index (χ3v) is 7.84. The lowest BCUT2D eigenvalue weighted by Crippen LogP contribution is -2.30. The van der Waals surface area contributed by atoms with E-state index in [0.29, 0.717) is 36.5 Å². The second kappa shape index (κ2) is 11.4. The van der Waals surface area contributed by atoms with Gasteiger partial charge in [0, 0.05) is 36.7 Å². The second-order valence-electron chi connectivity index (χ2n) is 10.7. The Morgan fingerprint density at radius 3 is 2.59 bits per heavy atom. The van der Waals surface area contributed by atoms with Gasteiger partial charge >= 0.3 is 5.97 Å². The first kappa shape index (κ1) is 28.4. The van der Waals surface area contributed by atoms with Crippen molar-refractivity contribution in [3.63, 3.8) is 0 Å². The molecule has 2 aromatic heterocycles. The van der Waals surface area contributed by atoms with E-state index in [4.69, 9.17) is 14.2 Å². The molecular formula is C31H34F2N4O4. The Balaban J connectivity index is 1.63. The number of esters is 1. The third-order valence-electron chi connectivity index (χ3n) is 7.84. The van der Waals surface area contributed by atoms with Gasteiger partial charge in [-0.2, -0.15) is 0 Å². The Bertz CT molecular complexity index is 1590. The average Bonchev–Trinajstić information content (AvgIpc) is 3.59. The number of carbonyl (C=O) groups is 2.